The second kappa shape index (κ2) is 8.78. The van der Waals surface area contributed by atoms with Crippen LogP contribution < -0.4 is 10.2 Å². The summed E-state index contributed by atoms with van der Waals surface area (Å²) in [6.07, 6.45) is -0.988. The summed E-state index contributed by atoms with van der Waals surface area (Å²) in [5.74, 6) is -1.86. The average molecular weight is 405 g/mol. The summed E-state index contributed by atoms with van der Waals surface area (Å²) in [6, 6.07) is 14.2. The number of nitriles is 1. The Morgan fingerprint density at radius 3 is 2.70 bits per heavy atom. The van der Waals surface area contributed by atoms with E-state index < -0.39 is 23.9 Å². The highest BCUT2D eigenvalue weighted by molar-refractivity contribution is 6.01. The van der Waals surface area contributed by atoms with Gasteiger partial charge in [-0.15, -0.1) is 0 Å². The van der Waals surface area contributed by atoms with Crippen LogP contribution in [0.5, 0.6) is 0 Å². The summed E-state index contributed by atoms with van der Waals surface area (Å²) in [5, 5.41) is 11.6. The quantitative estimate of drug-likeness (QED) is 0.771. The number of ether oxygens (including phenoxy) is 1. The summed E-state index contributed by atoms with van der Waals surface area (Å²) in [4.78, 5) is 39.0. The summed E-state index contributed by atoms with van der Waals surface area (Å²) >= 11 is 0. The molecule has 1 fully saturated rings. The van der Waals surface area contributed by atoms with E-state index in [-0.39, 0.29) is 18.9 Å². The molecule has 0 aromatic heterocycles. The third kappa shape index (κ3) is 4.49. The van der Waals surface area contributed by atoms with E-state index >= 15 is 0 Å². The third-order valence-corrected chi connectivity index (χ3v) is 5.25. The molecular formula is C23H23N3O4. The molecule has 1 aliphatic heterocycles. The van der Waals surface area contributed by atoms with Crippen molar-refractivity contribution in [2.75, 3.05) is 16.8 Å². The first kappa shape index (κ1) is 21.1. The molecule has 1 N–H and O–H groups in total. The van der Waals surface area contributed by atoms with Gasteiger partial charge in [0.05, 0.1) is 17.6 Å². The van der Waals surface area contributed by atoms with E-state index in [9.17, 15) is 14.4 Å². The number of hydrogen-bond donors (Lipinski definition) is 1. The number of anilines is 2. The van der Waals surface area contributed by atoms with Crippen LogP contribution in [0.4, 0.5) is 11.4 Å². The fourth-order valence-electron chi connectivity index (χ4n) is 3.36. The molecule has 1 saturated heterocycles. The molecule has 0 unspecified atom stereocenters. The van der Waals surface area contributed by atoms with E-state index in [0.29, 0.717) is 11.3 Å². The normalized spacial score (nSPS) is 16.7. The summed E-state index contributed by atoms with van der Waals surface area (Å²) < 4.78 is 5.32. The molecule has 2 atom stereocenters. The van der Waals surface area contributed by atoms with Gasteiger partial charge < -0.3 is 15.0 Å². The molecule has 0 saturated carbocycles. The fourth-order valence-corrected chi connectivity index (χ4v) is 3.36. The first-order valence-corrected chi connectivity index (χ1v) is 9.68. The number of esters is 1. The zero-order valence-corrected chi connectivity index (χ0v) is 17.1. The number of amides is 2. The molecule has 154 valence electrons. The Labute approximate surface area is 175 Å². The van der Waals surface area contributed by atoms with Crippen molar-refractivity contribution < 1.29 is 19.1 Å². The van der Waals surface area contributed by atoms with Crippen LogP contribution in [0.1, 0.15) is 30.0 Å². The molecule has 2 aromatic carbocycles. The number of carbonyl (C=O) groups excluding carboxylic acids is 3. The van der Waals surface area contributed by atoms with Gasteiger partial charge in [0.15, 0.2) is 6.10 Å². The van der Waals surface area contributed by atoms with Crippen molar-refractivity contribution in [2.24, 2.45) is 5.92 Å². The number of nitrogens with zero attached hydrogens (tertiary/aromatic N) is 2. The molecule has 3 rings (SSSR count). The highest BCUT2D eigenvalue weighted by Crippen LogP contribution is 2.30. The first-order valence-electron chi connectivity index (χ1n) is 9.68. The van der Waals surface area contributed by atoms with Gasteiger partial charge in [-0.3, -0.25) is 14.4 Å². The average Bonchev–Trinajstić information content (AvgIpc) is 3.11. The maximum atomic E-state index is 12.6. The third-order valence-electron chi connectivity index (χ3n) is 5.25. The van der Waals surface area contributed by atoms with Crippen molar-refractivity contribution in [3.8, 4) is 6.07 Å². The first-order chi connectivity index (χ1) is 14.3. The van der Waals surface area contributed by atoms with E-state index in [1.807, 2.05) is 38.1 Å². The van der Waals surface area contributed by atoms with Crippen LogP contribution in [0.15, 0.2) is 42.5 Å². The lowest BCUT2D eigenvalue weighted by Gasteiger charge is -2.20. The van der Waals surface area contributed by atoms with Gasteiger partial charge in [0, 0.05) is 24.3 Å². The highest BCUT2D eigenvalue weighted by atomic mass is 16.5. The molecule has 2 aromatic rings. The predicted octanol–water partition coefficient (Wildman–Crippen LogP) is 3.10. The van der Waals surface area contributed by atoms with Crippen molar-refractivity contribution in [2.45, 2.75) is 33.3 Å². The lowest BCUT2D eigenvalue weighted by Crippen LogP contribution is -2.33. The molecule has 0 radical (unpaired) electrons. The van der Waals surface area contributed by atoms with E-state index in [2.05, 4.69) is 5.32 Å². The largest absolute Gasteiger partial charge is 0.452 e. The van der Waals surface area contributed by atoms with Crippen LogP contribution in [0, 0.1) is 31.1 Å². The van der Waals surface area contributed by atoms with E-state index in [1.54, 1.807) is 23.1 Å². The zero-order valence-electron chi connectivity index (χ0n) is 17.1. The van der Waals surface area contributed by atoms with Crippen LogP contribution in [0.2, 0.25) is 0 Å². The Hall–Kier alpha value is -3.66. The lowest BCUT2D eigenvalue weighted by atomic mass is 10.1. The zero-order chi connectivity index (χ0) is 21.8. The molecular weight excluding hydrogens is 382 g/mol. The maximum Gasteiger partial charge on any atom is 0.312 e. The monoisotopic (exact) mass is 405 g/mol. The molecule has 1 aliphatic rings. The van der Waals surface area contributed by atoms with Crippen molar-refractivity contribution in [1.29, 1.82) is 5.26 Å². The minimum atomic E-state index is -1.03. The van der Waals surface area contributed by atoms with Crippen LogP contribution in [0.3, 0.4) is 0 Å². The number of benzene rings is 2. The smallest absolute Gasteiger partial charge is 0.312 e. The highest BCUT2D eigenvalue weighted by Gasteiger charge is 2.37. The molecule has 2 amide bonds. The van der Waals surface area contributed by atoms with Gasteiger partial charge in [-0.2, -0.15) is 5.26 Å². The second-order valence-electron chi connectivity index (χ2n) is 7.39. The molecule has 7 heteroatoms. The number of rotatable bonds is 5. The Balaban J connectivity index is 1.61. The molecule has 30 heavy (non-hydrogen) atoms. The van der Waals surface area contributed by atoms with Crippen molar-refractivity contribution >= 4 is 29.2 Å². The standard InChI is InChI=1S/C23H23N3O4/c1-14-6-4-9-20(15(14)2)26-13-18(11-21(26)27)23(29)30-16(3)22(28)25-19-8-5-7-17(10-19)12-24/h4-10,16,18H,11,13H2,1-3H3,(H,25,28)/t16-,18-/m1/s1. The van der Waals surface area contributed by atoms with Crippen molar-refractivity contribution in [3.63, 3.8) is 0 Å². The van der Waals surface area contributed by atoms with Gasteiger partial charge in [-0.1, -0.05) is 18.2 Å². The Bertz CT molecular complexity index is 1040. The van der Waals surface area contributed by atoms with E-state index in [1.165, 1.54) is 13.0 Å². The van der Waals surface area contributed by atoms with Gasteiger partial charge in [0.2, 0.25) is 5.91 Å². The minimum Gasteiger partial charge on any atom is -0.452 e. The van der Waals surface area contributed by atoms with Gasteiger partial charge in [-0.05, 0) is 56.2 Å². The minimum absolute atomic E-state index is 0.0464. The Morgan fingerprint density at radius 2 is 1.97 bits per heavy atom. The van der Waals surface area contributed by atoms with Gasteiger partial charge >= 0.3 is 5.97 Å². The summed E-state index contributed by atoms with van der Waals surface area (Å²) in [5.41, 5.74) is 3.70. The molecule has 0 spiro atoms. The number of aryl methyl sites for hydroxylation is 1. The van der Waals surface area contributed by atoms with Gasteiger partial charge in [0.1, 0.15) is 0 Å². The van der Waals surface area contributed by atoms with Gasteiger partial charge in [-0.25, -0.2) is 0 Å². The second-order valence-corrected chi connectivity index (χ2v) is 7.39. The van der Waals surface area contributed by atoms with Gasteiger partial charge in [0.25, 0.3) is 5.91 Å². The Morgan fingerprint density at radius 1 is 1.23 bits per heavy atom. The van der Waals surface area contributed by atoms with E-state index in [4.69, 9.17) is 10.00 Å². The predicted molar refractivity (Wildman–Crippen MR) is 112 cm³/mol. The number of nitrogens with one attached hydrogen (secondary N) is 1. The van der Waals surface area contributed by atoms with Crippen LogP contribution in [-0.2, 0) is 19.1 Å². The molecule has 1 heterocycles. The van der Waals surface area contributed by atoms with Crippen LogP contribution >= 0.6 is 0 Å². The number of hydrogen-bond acceptors (Lipinski definition) is 5. The molecule has 0 bridgehead atoms. The lowest BCUT2D eigenvalue weighted by molar-refractivity contribution is -0.157. The summed E-state index contributed by atoms with van der Waals surface area (Å²) in [7, 11) is 0. The van der Waals surface area contributed by atoms with Crippen molar-refractivity contribution in [1.82, 2.24) is 0 Å². The molecule has 7 nitrogen and oxygen atoms in total. The summed E-state index contributed by atoms with van der Waals surface area (Å²) in [6.45, 7) is 5.61. The van der Waals surface area contributed by atoms with Crippen LogP contribution in [0.25, 0.3) is 0 Å². The molecule has 0 aliphatic carbocycles. The van der Waals surface area contributed by atoms with E-state index in [0.717, 1.165) is 16.8 Å². The number of carbonyl (C=O) groups is 3. The SMILES string of the molecule is Cc1cccc(N2C[C@H](C(=O)O[C@H](C)C(=O)Nc3cccc(C#N)c3)CC2=O)c1C. The Kier molecular flexibility index (Phi) is 6.17. The van der Waals surface area contributed by atoms with Crippen molar-refractivity contribution in [3.05, 3.63) is 59.2 Å². The fraction of sp³-hybridized carbons (Fsp3) is 0.304. The topological polar surface area (TPSA) is 99.5 Å². The maximum absolute atomic E-state index is 12.6. The van der Waals surface area contributed by atoms with Crippen LogP contribution in [-0.4, -0.2) is 30.4 Å².